The van der Waals surface area contributed by atoms with Crippen molar-refractivity contribution in [2.45, 2.75) is 69.0 Å². The molecule has 2 bridgehead atoms. The number of anilines is 3. The summed E-state index contributed by atoms with van der Waals surface area (Å²) in [7, 11) is -3.35. The van der Waals surface area contributed by atoms with E-state index in [9.17, 15) is 8.42 Å². The molecule has 186 valence electrons. The van der Waals surface area contributed by atoms with Crippen molar-refractivity contribution in [3.8, 4) is 5.88 Å². The van der Waals surface area contributed by atoms with Crippen molar-refractivity contribution in [1.82, 2.24) is 20.1 Å². The Morgan fingerprint density at radius 3 is 2.74 bits per heavy atom. The number of benzene rings is 1. The molecule has 2 aliphatic heterocycles. The van der Waals surface area contributed by atoms with E-state index in [0.717, 1.165) is 31.1 Å². The monoisotopic (exact) mass is 518 g/mol. The van der Waals surface area contributed by atoms with E-state index in [4.69, 9.17) is 20.9 Å². The van der Waals surface area contributed by atoms with Crippen LogP contribution in [0.15, 0.2) is 33.9 Å². The van der Waals surface area contributed by atoms with Gasteiger partial charge >= 0.3 is 6.01 Å². The predicted octanol–water partition coefficient (Wildman–Crippen LogP) is 4.28. The highest BCUT2D eigenvalue weighted by atomic mass is 35.5. The fraction of sp³-hybridized carbons (Fsp3) is 0.478. The Balaban J connectivity index is 1.33. The Labute approximate surface area is 209 Å². The van der Waals surface area contributed by atoms with E-state index in [1.807, 2.05) is 20.8 Å². The first-order valence-corrected chi connectivity index (χ1v) is 13.8. The van der Waals surface area contributed by atoms with Crippen LogP contribution in [0.25, 0.3) is 0 Å². The molecule has 0 amide bonds. The van der Waals surface area contributed by atoms with Gasteiger partial charge in [-0.15, -0.1) is 0 Å². The molecule has 2 aliphatic rings. The topological polar surface area (TPSA) is 123 Å². The van der Waals surface area contributed by atoms with Crippen LogP contribution in [0.4, 0.5) is 17.5 Å². The number of sulfone groups is 1. The van der Waals surface area contributed by atoms with Gasteiger partial charge in [0, 0.05) is 24.6 Å². The summed E-state index contributed by atoms with van der Waals surface area (Å²) in [6, 6.07) is 5.51. The number of aromatic nitrogens is 4. The van der Waals surface area contributed by atoms with Crippen molar-refractivity contribution >= 4 is 39.0 Å². The lowest BCUT2D eigenvalue weighted by Gasteiger charge is -2.24. The average Bonchev–Trinajstić information content (AvgIpc) is 3.51. The van der Waals surface area contributed by atoms with Crippen LogP contribution in [-0.2, 0) is 9.84 Å². The molecule has 2 aromatic heterocycles. The Morgan fingerprint density at radius 1 is 1.26 bits per heavy atom. The van der Waals surface area contributed by atoms with Crippen molar-refractivity contribution < 1.29 is 17.7 Å². The molecule has 5 rings (SSSR count). The molecule has 3 atom stereocenters. The molecule has 3 aromatic rings. The summed E-state index contributed by atoms with van der Waals surface area (Å²) in [6.07, 6.45) is 5.38. The largest absolute Gasteiger partial charge is 0.472 e. The lowest BCUT2D eigenvalue weighted by Crippen LogP contribution is -2.35. The van der Waals surface area contributed by atoms with Gasteiger partial charge in [-0.2, -0.15) is 4.98 Å². The van der Waals surface area contributed by atoms with Crippen molar-refractivity contribution in [2.24, 2.45) is 0 Å². The number of halogens is 1. The van der Waals surface area contributed by atoms with Crippen LogP contribution in [0.2, 0.25) is 5.02 Å². The molecule has 2 saturated heterocycles. The average molecular weight is 519 g/mol. The lowest BCUT2D eigenvalue weighted by atomic mass is 9.98. The third-order valence-electron chi connectivity index (χ3n) is 6.57. The summed E-state index contributed by atoms with van der Waals surface area (Å²) in [4.78, 5) is 15.6. The van der Waals surface area contributed by atoms with Crippen LogP contribution >= 0.6 is 11.6 Å². The molecule has 0 radical (unpaired) electrons. The third kappa shape index (κ3) is 4.54. The zero-order valence-corrected chi connectivity index (χ0v) is 21.5. The van der Waals surface area contributed by atoms with Gasteiger partial charge in [0.2, 0.25) is 5.88 Å². The number of hydrogen-bond donors (Lipinski definition) is 1. The fourth-order valence-corrected chi connectivity index (χ4v) is 5.64. The van der Waals surface area contributed by atoms with Crippen LogP contribution in [0, 0.1) is 6.92 Å². The van der Waals surface area contributed by atoms with Crippen LogP contribution in [0.3, 0.4) is 0 Å². The first-order chi connectivity index (χ1) is 16.6. The maximum atomic E-state index is 11.8. The van der Waals surface area contributed by atoms with Crippen LogP contribution in [-0.4, -0.2) is 53.0 Å². The molecule has 2 fully saturated rings. The van der Waals surface area contributed by atoms with Gasteiger partial charge in [-0.1, -0.05) is 30.6 Å². The number of ether oxygens (including phenoxy) is 1. The first kappa shape index (κ1) is 23.8. The van der Waals surface area contributed by atoms with E-state index in [2.05, 4.69) is 30.3 Å². The normalized spacial score (nSPS) is 21.7. The summed E-state index contributed by atoms with van der Waals surface area (Å²) in [5, 5.41) is 7.56. The van der Waals surface area contributed by atoms with E-state index in [1.165, 1.54) is 18.5 Å². The van der Waals surface area contributed by atoms with Gasteiger partial charge in [0.15, 0.2) is 15.7 Å². The fourth-order valence-electron chi connectivity index (χ4n) is 4.70. The molecule has 0 spiro atoms. The molecular formula is C23H27ClN6O4S. The van der Waals surface area contributed by atoms with Crippen LogP contribution < -0.4 is 15.0 Å². The van der Waals surface area contributed by atoms with Crippen molar-refractivity contribution in [3.05, 3.63) is 40.9 Å². The zero-order chi connectivity index (χ0) is 24.9. The minimum atomic E-state index is -3.35. The SMILES string of the molecule is Cc1c(Nc2ccc(S(C)(=O)=O)cc2Cl)ncnc1O[C@H]1CC2CCC1N2c1nc(C(C)C)no1. The summed E-state index contributed by atoms with van der Waals surface area (Å²) in [5.74, 6) is 1.92. The second-order valence-electron chi connectivity index (χ2n) is 9.38. The summed E-state index contributed by atoms with van der Waals surface area (Å²) >= 11 is 6.33. The first-order valence-electron chi connectivity index (χ1n) is 11.5. The number of fused-ring (bicyclic) bond motifs is 2. The number of nitrogens with zero attached hydrogens (tertiary/aromatic N) is 5. The molecule has 1 aromatic carbocycles. The quantitative estimate of drug-likeness (QED) is 0.484. The molecular weight excluding hydrogens is 492 g/mol. The number of nitrogens with one attached hydrogen (secondary N) is 1. The van der Waals surface area contributed by atoms with Gasteiger partial charge in [-0.25, -0.2) is 18.4 Å². The maximum absolute atomic E-state index is 11.8. The lowest BCUT2D eigenvalue weighted by molar-refractivity contribution is 0.164. The summed E-state index contributed by atoms with van der Waals surface area (Å²) in [6.45, 7) is 5.94. The predicted molar refractivity (Wildman–Crippen MR) is 131 cm³/mol. The van der Waals surface area contributed by atoms with E-state index in [-0.39, 0.29) is 34.0 Å². The minimum Gasteiger partial charge on any atom is -0.472 e. The standard InChI is InChI=1S/C23H27ClN6O4S/c1-12(2)20-28-23(34-29-20)30-14-5-8-18(30)19(9-14)33-22-13(3)21(25-11-26-22)27-17-7-6-15(10-16(17)24)35(4,31)32/h6-7,10-12,14,18-19H,5,8-9H2,1-4H3,(H,25,26,27)/t14?,18?,19-/m0/s1. The maximum Gasteiger partial charge on any atom is 0.324 e. The van der Waals surface area contributed by atoms with Gasteiger partial charge < -0.3 is 19.5 Å². The number of hydrogen-bond acceptors (Lipinski definition) is 10. The third-order valence-corrected chi connectivity index (χ3v) is 7.99. The second kappa shape index (κ2) is 8.94. The smallest absolute Gasteiger partial charge is 0.324 e. The van der Waals surface area contributed by atoms with Gasteiger partial charge in [0.1, 0.15) is 18.2 Å². The summed E-state index contributed by atoms with van der Waals surface area (Å²) < 4.78 is 35.5. The van der Waals surface area contributed by atoms with Crippen LogP contribution in [0.1, 0.15) is 50.4 Å². The Kier molecular flexibility index (Phi) is 6.08. The minimum absolute atomic E-state index is 0.0674. The molecule has 2 unspecified atom stereocenters. The van der Waals surface area contributed by atoms with Crippen molar-refractivity contribution in [3.63, 3.8) is 0 Å². The highest BCUT2D eigenvalue weighted by Gasteiger charge is 2.50. The molecule has 4 heterocycles. The Morgan fingerprint density at radius 2 is 2.06 bits per heavy atom. The van der Waals surface area contributed by atoms with Gasteiger partial charge in [0.25, 0.3) is 0 Å². The second-order valence-corrected chi connectivity index (χ2v) is 11.8. The highest BCUT2D eigenvalue weighted by Crippen LogP contribution is 2.42. The molecule has 1 N–H and O–H groups in total. The molecule has 10 nitrogen and oxygen atoms in total. The van der Waals surface area contributed by atoms with E-state index >= 15 is 0 Å². The van der Waals surface area contributed by atoms with Gasteiger partial charge in [-0.3, -0.25) is 0 Å². The van der Waals surface area contributed by atoms with Crippen molar-refractivity contribution in [2.75, 3.05) is 16.5 Å². The van der Waals surface area contributed by atoms with E-state index in [1.54, 1.807) is 6.07 Å². The Hall–Kier alpha value is -2.92. The highest BCUT2D eigenvalue weighted by molar-refractivity contribution is 7.90. The molecule has 0 saturated carbocycles. The number of rotatable bonds is 7. The Bertz CT molecular complexity index is 1360. The van der Waals surface area contributed by atoms with Gasteiger partial charge in [0.05, 0.1) is 27.2 Å². The van der Waals surface area contributed by atoms with E-state index < -0.39 is 9.84 Å². The zero-order valence-electron chi connectivity index (χ0n) is 19.9. The molecule has 0 aliphatic carbocycles. The molecule has 12 heteroatoms. The summed E-state index contributed by atoms with van der Waals surface area (Å²) in [5.41, 5.74) is 1.26. The van der Waals surface area contributed by atoms with E-state index in [0.29, 0.717) is 29.2 Å². The van der Waals surface area contributed by atoms with Crippen LogP contribution in [0.5, 0.6) is 5.88 Å². The molecule has 35 heavy (non-hydrogen) atoms. The van der Waals surface area contributed by atoms with Crippen molar-refractivity contribution in [1.29, 1.82) is 0 Å². The van der Waals surface area contributed by atoms with Gasteiger partial charge in [-0.05, 0) is 38.0 Å².